The topological polar surface area (TPSA) is 50.1 Å². The fourth-order valence-corrected chi connectivity index (χ4v) is 1.26. The van der Waals surface area contributed by atoms with E-state index in [1.807, 2.05) is 13.0 Å². The summed E-state index contributed by atoms with van der Waals surface area (Å²) in [6.45, 7) is 4.06. The van der Waals surface area contributed by atoms with Gasteiger partial charge in [0.25, 0.3) is 0 Å². The fraction of sp³-hybridized carbons (Fsp3) is 0.556. The maximum atomic E-state index is 11.0. The molecule has 13 heavy (non-hydrogen) atoms. The molecule has 0 radical (unpaired) electrons. The minimum absolute atomic E-state index is 0.0836. The van der Waals surface area contributed by atoms with Crippen molar-refractivity contribution >= 4 is 17.7 Å². The molecular weight excluding hydrogens is 186 g/mol. The number of carbonyl (C=O) groups excluding carboxylic acids is 1. The summed E-state index contributed by atoms with van der Waals surface area (Å²) >= 11 is 1.45. The number of hydrogen-bond acceptors (Lipinski definition) is 4. The molecule has 0 amide bonds. The van der Waals surface area contributed by atoms with Gasteiger partial charge in [-0.15, -0.1) is 11.8 Å². The van der Waals surface area contributed by atoms with E-state index in [0.717, 1.165) is 12.2 Å². The van der Waals surface area contributed by atoms with Gasteiger partial charge in [-0.3, -0.25) is 0 Å². The van der Waals surface area contributed by atoms with Gasteiger partial charge in [0.1, 0.15) is 11.6 Å². The Bertz CT molecular complexity index is 230. The summed E-state index contributed by atoms with van der Waals surface area (Å²) in [6.07, 6.45) is 1.02. The highest BCUT2D eigenvalue weighted by molar-refractivity contribution is 8.02. The molecule has 0 fully saturated rings. The lowest BCUT2D eigenvalue weighted by Gasteiger charge is -1.98. The SMILES string of the molecule is CCCS/C=C(/C#N)C(=O)OCC. The third-order valence-corrected chi connectivity index (χ3v) is 2.19. The predicted octanol–water partition coefficient (Wildman–Crippen LogP) is 2.10. The first kappa shape index (κ1) is 12.0. The highest BCUT2D eigenvalue weighted by Crippen LogP contribution is 2.09. The smallest absolute Gasteiger partial charge is 0.349 e. The van der Waals surface area contributed by atoms with Crippen LogP contribution in [-0.4, -0.2) is 18.3 Å². The van der Waals surface area contributed by atoms with Crippen LogP contribution in [0, 0.1) is 11.3 Å². The first-order chi connectivity index (χ1) is 6.26. The van der Waals surface area contributed by atoms with Crippen molar-refractivity contribution in [2.24, 2.45) is 0 Å². The number of rotatable bonds is 5. The Balaban J connectivity index is 4.09. The first-order valence-electron chi connectivity index (χ1n) is 4.15. The third kappa shape index (κ3) is 5.31. The molecule has 0 saturated heterocycles. The number of ether oxygens (including phenoxy) is 1. The largest absolute Gasteiger partial charge is 0.462 e. The Labute approximate surface area is 82.8 Å². The van der Waals surface area contributed by atoms with Crippen LogP contribution in [-0.2, 0) is 9.53 Å². The third-order valence-electron chi connectivity index (χ3n) is 1.14. The maximum Gasteiger partial charge on any atom is 0.349 e. The maximum absolute atomic E-state index is 11.0. The van der Waals surface area contributed by atoms with E-state index >= 15 is 0 Å². The van der Waals surface area contributed by atoms with Crippen molar-refractivity contribution in [1.82, 2.24) is 0 Å². The molecule has 0 aromatic carbocycles. The molecule has 72 valence electrons. The average molecular weight is 199 g/mol. The molecule has 0 N–H and O–H groups in total. The molecule has 0 aliphatic rings. The Morgan fingerprint density at radius 1 is 1.62 bits per heavy atom. The second kappa shape index (κ2) is 7.69. The van der Waals surface area contributed by atoms with Crippen LogP contribution in [0.15, 0.2) is 11.0 Å². The molecule has 0 saturated carbocycles. The van der Waals surface area contributed by atoms with Crippen molar-refractivity contribution in [3.05, 3.63) is 11.0 Å². The van der Waals surface area contributed by atoms with Gasteiger partial charge in [-0.25, -0.2) is 4.79 Å². The highest BCUT2D eigenvalue weighted by atomic mass is 32.2. The number of nitriles is 1. The molecule has 0 heterocycles. The zero-order valence-electron chi connectivity index (χ0n) is 7.87. The van der Waals surface area contributed by atoms with Gasteiger partial charge in [-0.05, 0) is 24.5 Å². The lowest BCUT2D eigenvalue weighted by atomic mass is 10.3. The molecule has 0 unspecified atom stereocenters. The van der Waals surface area contributed by atoms with Gasteiger partial charge >= 0.3 is 5.97 Å². The minimum Gasteiger partial charge on any atom is -0.462 e. The fourth-order valence-electron chi connectivity index (χ4n) is 0.589. The summed E-state index contributed by atoms with van der Waals surface area (Å²) < 4.78 is 4.68. The van der Waals surface area contributed by atoms with Gasteiger partial charge in [0, 0.05) is 0 Å². The molecule has 0 aromatic rings. The van der Waals surface area contributed by atoms with E-state index in [4.69, 9.17) is 5.26 Å². The van der Waals surface area contributed by atoms with E-state index in [0.29, 0.717) is 6.61 Å². The second-order valence-corrected chi connectivity index (χ2v) is 3.21. The standard InChI is InChI=1S/C9H13NO2S/c1-3-5-13-7-8(6-10)9(11)12-4-2/h7H,3-5H2,1-2H3/b8-7-. The van der Waals surface area contributed by atoms with Crippen molar-refractivity contribution in [2.45, 2.75) is 20.3 Å². The lowest BCUT2D eigenvalue weighted by Crippen LogP contribution is -2.05. The molecule has 0 aromatic heterocycles. The van der Waals surface area contributed by atoms with Gasteiger partial charge in [0.15, 0.2) is 0 Å². The van der Waals surface area contributed by atoms with E-state index in [1.165, 1.54) is 11.8 Å². The molecule has 4 heteroatoms. The van der Waals surface area contributed by atoms with E-state index < -0.39 is 5.97 Å². The van der Waals surface area contributed by atoms with Crippen LogP contribution < -0.4 is 0 Å². The molecule has 0 atom stereocenters. The molecule has 0 aliphatic heterocycles. The first-order valence-corrected chi connectivity index (χ1v) is 5.20. The summed E-state index contributed by atoms with van der Waals surface area (Å²) in [5.41, 5.74) is 0.0836. The van der Waals surface area contributed by atoms with Crippen molar-refractivity contribution in [3.63, 3.8) is 0 Å². The van der Waals surface area contributed by atoms with Crippen molar-refractivity contribution in [3.8, 4) is 6.07 Å². The summed E-state index contributed by atoms with van der Waals surface area (Å²) in [7, 11) is 0. The number of carbonyl (C=O) groups is 1. The van der Waals surface area contributed by atoms with Gasteiger partial charge in [0.05, 0.1) is 6.61 Å². The van der Waals surface area contributed by atoms with Gasteiger partial charge in [-0.2, -0.15) is 5.26 Å². The van der Waals surface area contributed by atoms with E-state index in [9.17, 15) is 4.79 Å². The number of nitrogens with zero attached hydrogens (tertiary/aromatic N) is 1. The van der Waals surface area contributed by atoms with Gasteiger partial charge in [0.2, 0.25) is 0 Å². The van der Waals surface area contributed by atoms with Crippen LogP contribution in [0.4, 0.5) is 0 Å². The van der Waals surface area contributed by atoms with Gasteiger partial charge in [-0.1, -0.05) is 6.92 Å². The highest BCUT2D eigenvalue weighted by Gasteiger charge is 2.08. The normalized spacial score (nSPS) is 10.7. The Morgan fingerprint density at radius 2 is 2.31 bits per heavy atom. The summed E-state index contributed by atoms with van der Waals surface area (Å²) in [5.74, 6) is 0.374. The van der Waals surface area contributed by atoms with Crippen molar-refractivity contribution in [1.29, 1.82) is 5.26 Å². The summed E-state index contributed by atoms with van der Waals surface area (Å²) in [5, 5.41) is 10.1. The van der Waals surface area contributed by atoms with Crippen LogP contribution in [0.2, 0.25) is 0 Å². The zero-order valence-corrected chi connectivity index (χ0v) is 8.69. The molecule has 3 nitrogen and oxygen atoms in total. The van der Waals surface area contributed by atoms with Crippen LogP contribution in [0.1, 0.15) is 20.3 Å². The van der Waals surface area contributed by atoms with E-state index in [-0.39, 0.29) is 5.57 Å². The molecular formula is C9H13NO2S. The molecule has 0 bridgehead atoms. The molecule has 0 rings (SSSR count). The van der Waals surface area contributed by atoms with Crippen molar-refractivity contribution in [2.75, 3.05) is 12.4 Å². The van der Waals surface area contributed by atoms with E-state index in [2.05, 4.69) is 4.74 Å². The Morgan fingerprint density at radius 3 is 2.77 bits per heavy atom. The Kier molecular flexibility index (Phi) is 7.12. The van der Waals surface area contributed by atoms with E-state index in [1.54, 1.807) is 12.3 Å². The number of thioether (sulfide) groups is 1. The van der Waals surface area contributed by atoms with Crippen LogP contribution >= 0.6 is 11.8 Å². The number of esters is 1. The summed E-state index contributed by atoms with van der Waals surface area (Å²) in [4.78, 5) is 11.0. The average Bonchev–Trinajstić information content (AvgIpc) is 2.13. The lowest BCUT2D eigenvalue weighted by molar-refractivity contribution is -0.137. The van der Waals surface area contributed by atoms with Gasteiger partial charge < -0.3 is 4.74 Å². The minimum atomic E-state index is -0.534. The molecule has 0 aliphatic carbocycles. The molecule has 0 spiro atoms. The zero-order chi connectivity index (χ0) is 10.1. The Hall–Kier alpha value is -0.950. The summed E-state index contributed by atoms with van der Waals surface area (Å²) in [6, 6.07) is 1.81. The quantitative estimate of drug-likeness (QED) is 0.294. The number of hydrogen-bond donors (Lipinski definition) is 0. The predicted molar refractivity (Wildman–Crippen MR) is 53.1 cm³/mol. The van der Waals surface area contributed by atoms with Crippen LogP contribution in [0.25, 0.3) is 0 Å². The second-order valence-electron chi connectivity index (χ2n) is 2.23. The van der Waals surface area contributed by atoms with Crippen LogP contribution in [0.3, 0.4) is 0 Å². The van der Waals surface area contributed by atoms with Crippen molar-refractivity contribution < 1.29 is 9.53 Å². The monoisotopic (exact) mass is 199 g/mol. The van der Waals surface area contributed by atoms with Crippen LogP contribution in [0.5, 0.6) is 0 Å².